The van der Waals surface area contributed by atoms with E-state index >= 15 is 0 Å². The van der Waals surface area contributed by atoms with Crippen molar-refractivity contribution in [1.82, 2.24) is 14.5 Å². The van der Waals surface area contributed by atoms with Gasteiger partial charge in [-0.25, -0.2) is 9.97 Å². The van der Waals surface area contributed by atoms with Crippen LogP contribution >= 0.6 is 0 Å². The van der Waals surface area contributed by atoms with Crippen molar-refractivity contribution in [3.8, 4) is 50.8 Å². The van der Waals surface area contributed by atoms with Crippen molar-refractivity contribution in [2.45, 2.75) is 20.8 Å². The zero-order chi connectivity index (χ0) is 35.2. The van der Waals surface area contributed by atoms with Crippen LogP contribution in [0.3, 0.4) is 0 Å². The molecule has 10 rings (SSSR count). The van der Waals surface area contributed by atoms with E-state index in [0.29, 0.717) is 11.8 Å². The standard InChI is InChI=1S/C45H29N3O2.C2H6/c1-28-10-22-35(23-11-28)48-40-24-20-33(29-12-16-31(17-13-29)44-46-38-6-2-4-8-42(38)49-44)26-36(40)37-27-34(21-25-41(37)48)30-14-18-32(19-15-30)45-47-39-7-3-5-9-43(39)50-45;1-2/h2-27H,1H3;1-2H3. The molecule has 52 heavy (non-hydrogen) atoms. The number of rotatable bonds is 5. The highest BCUT2D eigenvalue weighted by atomic mass is 16.4. The molecule has 5 heteroatoms. The molecular weight excluding hydrogens is 639 g/mol. The fourth-order valence-corrected chi connectivity index (χ4v) is 6.96. The van der Waals surface area contributed by atoms with E-state index in [-0.39, 0.29) is 0 Å². The molecule has 0 unspecified atom stereocenters. The molecule has 0 bridgehead atoms. The van der Waals surface area contributed by atoms with E-state index < -0.39 is 0 Å². The summed E-state index contributed by atoms with van der Waals surface area (Å²) in [5.74, 6) is 1.26. The molecule has 0 aliphatic heterocycles. The minimum atomic E-state index is 0.629. The molecule has 0 atom stereocenters. The van der Waals surface area contributed by atoms with Gasteiger partial charge in [-0.05, 0) is 114 Å². The Morgan fingerprint density at radius 3 is 1.27 bits per heavy atom. The maximum absolute atomic E-state index is 6.03. The maximum Gasteiger partial charge on any atom is 0.227 e. The second-order valence-corrected chi connectivity index (χ2v) is 12.8. The van der Waals surface area contributed by atoms with Gasteiger partial charge >= 0.3 is 0 Å². The van der Waals surface area contributed by atoms with Crippen LogP contribution in [0.1, 0.15) is 19.4 Å². The van der Waals surface area contributed by atoms with Gasteiger partial charge in [0.2, 0.25) is 11.8 Å². The lowest BCUT2D eigenvalue weighted by molar-refractivity contribution is 0.619. The van der Waals surface area contributed by atoms with E-state index in [1.807, 2.05) is 62.4 Å². The van der Waals surface area contributed by atoms with Crippen LogP contribution in [0, 0.1) is 6.92 Å². The largest absolute Gasteiger partial charge is 0.436 e. The molecule has 0 spiro atoms. The summed E-state index contributed by atoms with van der Waals surface area (Å²) < 4.78 is 14.4. The maximum atomic E-state index is 6.03. The minimum absolute atomic E-state index is 0.629. The van der Waals surface area contributed by atoms with Crippen LogP contribution < -0.4 is 0 Å². The van der Waals surface area contributed by atoms with Gasteiger partial charge in [-0.2, -0.15) is 0 Å². The monoisotopic (exact) mass is 673 g/mol. The number of oxazole rings is 2. The van der Waals surface area contributed by atoms with E-state index in [4.69, 9.17) is 8.83 Å². The lowest BCUT2D eigenvalue weighted by Gasteiger charge is -2.09. The minimum Gasteiger partial charge on any atom is -0.436 e. The molecule has 3 heterocycles. The molecule has 3 aromatic heterocycles. The van der Waals surface area contributed by atoms with Crippen molar-refractivity contribution in [2.24, 2.45) is 0 Å². The molecule has 0 aliphatic carbocycles. The predicted molar refractivity (Wildman–Crippen MR) is 214 cm³/mol. The van der Waals surface area contributed by atoms with Gasteiger partial charge in [-0.1, -0.05) is 92.2 Å². The zero-order valence-electron chi connectivity index (χ0n) is 29.2. The molecule has 5 nitrogen and oxygen atoms in total. The lowest BCUT2D eigenvalue weighted by atomic mass is 9.99. The van der Waals surface area contributed by atoms with Crippen LogP contribution in [0.4, 0.5) is 0 Å². The van der Waals surface area contributed by atoms with Crippen molar-refractivity contribution >= 4 is 44.0 Å². The van der Waals surface area contributed by atoms with Crippen molar-refractivity contribution < 1.29 is 8.83 Å². The van der Waals surface area contributed by atoms with Crippen molar-refractivity contribution in [3.63, 3.8) is 0 Å². The highest BCUT2D eigenvalue weighted by Crippen LogP contribution is 2.38. The smallest absolute Gasteiger partial charge is 0.227 e. The SMILES string of the molecule is CC.Cc1ccc(-n2c3ccc(-c4ccc(-c5nc6ccccc6o5)cc4)cc3c3cc(-c4ccc(-c5nc6ccccc6o5)cc4)ccc32)cc1. The molecule has 250 valence electrons. The van der Waals surface area contributed by atoms with Gasteiger partial charge in [0.1, 0.15) is 11.0 Å². The fraction of sp³-hybridized carbons (Fsp3) is 0.0638. The molecule has 0 aliphatic rings. The van der Waals surface area contributed by atoms with Gasteiger partial charge < -0.3 is 13.4 Å². The number of fused-ring (bicyclic) bond motifs is 5. The third-order valence-corrected chi connectivity index (χ3v) is 9.58. The highest BCUT2D eigenvalue weighted by Gasteiger charge is 2.16. The summed E-state index contributed by atoms with van der Waals surface area (Å²) in [5.41, 5.74) is 14.5. The molecule has 7 aromatic carbocycles. The Balaban J connectivity index is 0.00000177. The fourth-order valence-electron chi connectivity index (χ4n) is 6.96. The zero-order valence-corrected chi connectivity index (χ0v) is 29.2. The van der Waals surface area contributed by atoms with Crippen LogP contribution in [0.25, 0.3) is 94.9 Å². The second kappa shape index (κ2) is 12.9. The molecule has 0 saturated carbocycles. The molecule has 0 amide bonds. The first-order chi connectivity index (χ1) is 25.6. The van der Waals surface area contributed by atoms with Crippen LogP contribution in [-0.2, 0) is 0 Å². The van der Waals surface area contributed by atoms with Crippen molar-refractivity contribution in [1.29, 1.82) is 0 Å². The summed E-state index contributed by atoms with van der Waals surface area (Å²) >= 11 is 0. The average Bonchev–Trinajstić information content (AvgIpc) is 3.93. The summed E-state index contributed by atoms with van der Waals surface area (Å²) in [6.07, 6.45) is 0. The van der Waals surface area contributed by atoms with E-state index in [0.717, 1.165) is 61.3 Å². The number of benzene rings is 7. The third-order valence-electron chi connectivity index (χ3n) is 9.58. The van der Waals surface area contributed by atoms with Crippen molar-refractivity contribution in [2.75, 3.05) is 0 Å². The first-order valence-corrected chi connectivity index (χ1v) is 17.7. The van der Waals surface area contributed by atoms with Gasteiger partial charge in [0.15, 0.2) is 11.2 Å². The van der Waals surface area contributed by atoms with Crippen LogP contribution in [0.2, 0.25) is 0 Å². The van der Waals surface area contributed by atoms with Gasteiger partial charge in [0.05, 0.1) is 11.0 Å². The van der Waals surface area contributed by atoms with Crippen molar-refractivity contribution in [3.05, 3.63) is 163 Å². The Kier molecular flexibility index (Phi) is 7.74. The number of hydrogen-bond acceptors (Lipinski definition) is 4. The molecule has 0 saturated heterocycles. The molecule has 0 N–H and O–H groups in total. The molecule has 0 radical (unpaired) electrons. The predicted octanol–water partition coefficient (Wildman–Crippen LogP) is 13.1. The Bertz CT molecular complexity index is 2620. The number of aryl methyl sites for hydroxylation is 1. The third kappa shape index (κ3) is 5.44. The Hall–Kier alpha value is -6.72. The first-order valence-electron chi connectivity index (χ1n) is 17.7. The summed E-state index contributed by atoms with van der Waals surface area (Å²) in [6.45, 7) is 6.12. The van der Waals surface area contributed by atoms with Gasteiger partial charge in [-0.15, -0.1) is 0 Å². The average molecular weight is 674 g/mol. The molecule has 10 aromatic rings. The lowest BCUT2D eigenvalue weighted by Crippen LogP contribution is -1.93. The van der Waals surface area contributed by atoms with Crippen LogP contribution in [-0.4, -0.2) is 14.5 Å². The van der Waals surface area contributed by atoms with E-state index in [1.54, 1.807) is 0 Å². The van der Waals surface area contributed by atoms with Crippen LogP contribution in [0.5, 0.6) is 0 Å². The molecular formula is C47H35N3O2. The van der Waals surface area contributed by atoms with E-state index in [1.165, 1.54) is 27.4 Å². The Morgan fingerprint density at radius 2 is 0.827 bits per heavy atom. The second-order valence-electron chi connectivity index (χ2n) is 12.8. The number of para-hydroxylation sites is 4. The Morgan fingerprint density at radius 1 is 0.423 bits per heavy atom. The number of hydrogen-bond donors (Lipinski definition) is 0. The van der Waals surface area contributed by atoms with Gasteiger partial charge in [0, 0.05) is 27.6 Å². The van der Waals surface area contributed by atoms with E-state index in [9.17, 15) is 0 Å². The number of aromatic nitrogens is 3. The quantitative estimate of drug-likeness (QED) is 0.182. The molecule has 0 fully saturated rings. The van der Waals surface area contributed by atoms with Crippen LogP contribution in [0.15, 0.2) is 167 Å². The summed E-state index contributed by atoms with van der Waals surface area (Å²) in [5, 5.41) is 2.40. The normalized spacial score (nSPS) is 11.4. The topological polar surface area (TPSA) is 57.0 Å². The first kappa shape index (κ1) is 31.3. The van der Waals surface area contributed by atoms with E-state index in [2.05, 4.69) is 131 Å². The van der Waals surface area contributed by atoms with Gasteiger partial charge in [0.25, 0.3) is 0 Å². The van der Waals surface area contributed by atoms with Gasteiger partial charge in [-0.3, -0.25) is 0 Å². The summed E-state index contributed by atoms with van der Waals surface area (Å²) in [7, 11) is 0. The summed E-state index contributed by atoms with van der Waals surface area (Å²) in [4.78, 5) is 9.36. The Labute approximate surface area is 301 Å². The highest BCUT2D eigenvalue weighted by molar-refractivity contribution is 6.11. The summed E-state index contributed by atoms with van der Waals surface area (Å²) in [6, 6.07) is 54.9. The number of nitrogens with zero attached hydrogens (tertiary/aromatic N) is 3.